The summed E-state index contributed by atoms with van der Waals surface area (Å²) in [6.45, 7) is 4.10. The fraction of sp³-hybridized carbons (Fsp3) is 0.333. The maximum absolute atomic E-state index is 12.8. The topological polar surface area (TPSA) is 61.4 Å². The lowest BCUT2D eigenvalue weighted by atomic mass is 10.1. The van der Waals surface area contributed by atoms with Crippen molar-refractivity contribution < 1.29 is 9.59 Å². The van der Waals surface area contributed by atoms with Crippen LogP contribution in [0.5, 0.6) is 0 Å². The minimum absolute atomic E-state index is 0.0383. The molecule has 0 radical (unpaired) electrons. The van der Waals surface area contributed by atoms with Gasteiger partial charge >= 0.3 is 0 Å². The predicted octanol–water partition coefficient (Wildman–Crippen LogP) is 3.43. The molecule has 1 saturated carbocycles. The third-order valence-corrected chi connectivity index (χ3v) is 4.33. The Morgan fingerprint density at radius 3 is 2.35 bits per heavy atom. The van der Waals surface area contributed by atoms with Crippen molar-refractivity contribution in [2.75, 3.05) is 16.8 Å². The number of carbonyl (C=O) groups is 2. The summed E-state index contributed by atoms with van der Waals surface area (Å²) in [6, 6.07) is 17.3. The van der Waals surface area contributed by atoms with Crippen molar-refractivity contribution in [3.8, 4) is 0 Å². The summed E-state index contributed by atoms with van der Waals surface area (Å²) >= 11 is 0. The Morgan fingerprint density at radius 1 is 1.04 bits per heavy atom. The standard InChI is InChI=1S/C21H25N3O2/c1-15(2)24(17-8-4-3-5-9-17)20(25)14-22-19-11-7-6-10-18(19)21(26)23-16-12-13-16/h3-11,15-16,22H,12-14H2,1-2H3,(H,23,26). The molecule has 0 aliphatic heterocycles. The smallest absolute Gasteiger partial charge is 0.253 e. The van der Waals surface area contributed by atoms with E-state index in [9.17, 15) is 9.59 Å². The van der Waals surface area contributed by atoms with E-state index in [0.717, 1.165) is 18.5 Å². The van der Waals surface area contributed by atoms with Crippen LogP contribution in [0.25, 0.3) is 0 Å². The van der Waals surface area contributed by atoms with Gasteiger partial charge in [-0.2, -0.15) is 0 Å². The van der Waals surface area contributed by atoms with Crippen LogP contribution >= 0.6 is 0 Å². The van der Waals surface area contributed by atoms with E-state index in [2.05, 4.69) is 10.6 Å². The van der Waals surface area contributed by atoms with Gasteiger partial charge in [0.05, 0.1) is 12.1 Å². The van der Waals surface area contributed by atoms with E-state index >= 15 is 0 Å². The van der Waals surface area contributed by atoms with Crippen molar-refractivity contribution in [3.05, 3.63) is 60.2 Å². The Bertz CT molecular complexity index is 770. The highest BCUT2D eigenvalue weighted by molar-refractivity contribution is 6.01. The van der Waals surface area contributed by atoms with Crippen LogP contribution in [-0.4, -0.2) is 30.4 Å². The monoisotopic (exact) mass is 351 g/mol. The van der Waals surface area contributed by atoms with Gasteiger partial charge in [-0.3, -0.25) is 9.59 Å². The molecule has 2 aromatic rings. The first-order chi connectivity index (χ1) is 12.6. The molecule has 1 aliphatic carbocycles. The normalized spacial score (nSPS) is 13.3. The van der Waals surface area contributed by atoms with Gasteiger partial charge in [0.2, 0.25) is 5.91 Å². The second kappa shape index (κ2) is 8.04. The molecule has 5 nitrogen and oxygen atoms in total. The van der Waals surface area contributed by atoms with Gasteiger partial charge in [-0.15, -0.1) is 0 Å². The van der Waals surface area contributed by atoms with E-state index in [1.54, 1.807) is 11.0 Å². The average molecular weight is 351 g/mol. The molecular formula is C21H25N3O2. The molecule has 2 N–H and O–H groups in total. The Labute approximate surface area is 154 Å². The lowest BCUT2D eigenvalue weighted by molar-refractivity contribution is -0.117. The third kappa shape index (κ3) is 4.42. The summed E-state index contributed by atoms with van der Waals surface area (Å²) in [6.07, 6.45) is 2.08. The molecule has 0 atom stereocenters. The summed E-state index contributed by atoms with van der Waals surface area (Å²) in [5, 5.41) is 6.13. The first-order valence-corrected chi connectivity index (χ1v) is 9.07. The quantitative estimate of drug-likeness (QED) is 0.803. The third-order valence-electron chi connectivity index (χ3n) is 4.33. The molecule has 5 heteroatoms. The Hall–Kier alpha value is -2.82. The fourth-order valence-electron chi connectivity index (χ4n) is 2.90. The maximum atomic E-state index is 12.8. The number of hydrogen-bond acceptors (Lipinski definition) is 3. The van der Waals surface area contributed by atoms with Crippen molar-refractivity contribution in [2.45, 2.75) is 38.8 Å². The number of hydrogen-bond donors (Lipinski definition) is 2. The lowest BCUT2D eigenvalue weighted by Gasteiger charge is -2.27. The van der Waals surface area contributed by atoms with E-state index < -0.39 is 0 Å². The number of benzene rings is 2. The highest BCUT2D eigenvalue weighted by Gasteiger charge is 2.25. The van der Waals surface area contributed by atoms with Crippen LogP contribution in [0.4, 0.5) is 11.4 Å². The van der Waals surface area contributed by atoms with Crippen molar-refractivity contribution in [1.82, 2.24) is 5.32 Å². The molecule has 0 heterocycles. The van der Waals surface area contributed by atoms with Gasteiger partial charge in [-0.1, -0.05) is 30.3 Å². The Morgan fingerprint density at radius 2 is 1.69 bits per heavy atom. The number of anilines is 2. The number of carbonyl (C=O) groups excluding carboxylic acids is 2. The molecule has 2 aromatic carbocycles. The zero-order chi connectivity index (χ0) is 18.5. The van der Waals surface area contributed by atoms with E-state index in [4.69, 9.17) is 0 Å². The lowest BCUT2D eigenvalue weighted by Crippen LogP contribution is -2.40. The minimum atomic E-state index is -0.0909. The molecule has 0 spiro atoms. The van der Waals surface area contributed by atoms with Crippen LogP contribution in [0.2, 0.25) is 0 Å². The molecular weight excluding hydrogens is 326 g/mol. The van der Waals surface area contributed by atoms with Crippen LogP contribution in [0, 0.1) is 0 Å². The van der Waals surface area contributed by atoms with Gasteiger partial charge in [0.25, 0.3) is 5.91 Å². The molecule has 0 unspecified atom stereocenters. The van der Waals surface area contributed by atoms with Crippen LogP contribution in [0.15, 0.2) is 54.6 Å². The summed E-state index contributed by atoms with van der Waals surface area (Å²) < 4.78 is 0. The molecule has 3 rings (SSSR count). The highest BCUT2D eigenvalue weighted by Crippen LogP contribution is 2.22. The summed E-state index contributed by atoms with van der Waals surface area (Å²) in [5.74, 6) is -0.129. The average Bonchev–Trinajstić information content (AvgIpc) is 3.45. The summed E-state index contributed by atoms with van der Waals surface area (Å²) in [4.78, 5) is 26.9. The number of amides is 2. The molecule has 26 heavy (non-hydrogen) atoms. The summed E-state index contributed by atoms with van der Waals surface area (Å²) in [5.41, 5.74) is 2.12. The van der Waals surface area contributed by atoms with Crippen LogP contribution in [0.3, 0.4) is 0 Å². The number of rotatable bonds is 7. The first-order valence-electron chi connectivity index (χ1n) is 9.07. The number of nitrogens with zero attached hydrogens (tertiary/aromatic N) is 1. The second-order valence-electron chi connectivity index (χ2n) is 6.84. The predicted molar refractivity (Wildman–Crippen MR) is 104 cm³/mol. The van der Waals surface area contributed by atoms with Crippen LogP contribution in [-0.2, 0) is 4.79 Å². The SMILES string of the molecule is CC(C)N(C(=O)CNc1ccccc1C(=O)NC1CC1)c1ccccc1. The Balaban J connectivity index is 1.69. The van der Waals surface area contributed by atoms with Gasteiger partial charge < -0.3 is 15.5 Å². The van der Waals surface area contributed by atoms with Gasteiger partial charge in [-0.25, -0.2) is 0 Å². The number of nitrogens with one attached hydrogen (secondary N) is 2. The van der Waals surface area contributed by atoms with Crippen LogP contribution in [0.1, 0.15) is 37.0 Å². The van der Waals surface area contributed by atoms with Gasteiger partial charge in [0, 0.05) is 23.5 Å². The first kappa shape index (κ1) is 18.0. The van der Waals surface area contributed by atoms with Crippen molar-refractivity contribution in [3.63, 3.8) is 0 Å². The van der Waals surface area contributed by atoms with Crippen molar-refractivity contribution in [2.24, 2.45) is 0 Å². The highest BCUT2D eigenvalue weighted by atomic mass is 16.2. The van der Waals surface area contributed by atoms with E-state index in [1.807, 2.05) is 62.4 Å². The van der Waals surface area contributed by atoms with Gasteiger partial charge in [0.1, 0.15) is 0 Å². The molecule has 2 amide bonds. The molecule has 0 saturated heterocycles. The van der Waals surface area contributed by atoms with E-state index in [1.165, 1.54) is 0 Å². The van der Waals surface area contributed by atoms with Crippen molar-refractivity contribution in [1.29, 1.82) is 0 Å². The fourth-order valence-corrected chi connectivity index (χ4v) is 2.90. The minimum Gasteiger partial charge on any atom is -0.375 e. The maximum Gasteiger partial charge on any atom is 0.253 e. The van der Waals surface area contributed by atoms with Gasteiger partial charge in [-0.05, 0) is 51.0 Å². The Kier molecular flexibility index (Phi) is 5.56. The van der Waals surface area contributed by atoms with E-state index in [-0.39, 0.29) is 24.4 Å². The molecule has 136 valence electrons. The largest absolute Gasteiger partial charge is 0.375 e. The number of para-hydroxylation sites is 2. The van der Waals surface area contributed by atoms with Crippen LogP contribution < -0.4 is 15.5 Å². The molecule has 0 aromatic heterocycles. The molecule has 1 fully saturated rings. The van der Waals surface area contributed by atoms with Gasteiger partial charge in [0.15, 0.2) is 0 Å². The second-order valence-corrected chi connectivity index (χ2v) is 6.84. The van der Waals surface area contributed by atoms with E-state index in [0.29, 0.717) is 17.3 Å². The zero-order valence-electron chi connectivity index (χ0n) is 15.2. The summed E-state index contributed by atoms with van der Waals surface area (Å²) in [7, 11) is 0. The molecule has 0 bridgehead atoms. The zero-order valence-corrected chi connectivity index (χ0v) is 15.2. The van der Waals surface area contributed by atoms with Crippen molar-refractivity contribution >= 4 is 23.2 Å². The molecule has 1 aliphatic rings.